The summed E-state index contributed by atoms with van der Waals surface area (Å²) >= 11 is 5.90. The van der Waals surface area contributed by atoms with Gasteiger partial charge in [0, 0.05) is 49.9 Å². The Balaban J connectivity index is 0.000000520. The molecule has 1 aromatic heterocycles. The molecule has 1 unspecified atom stereocenters. The van der Waals surface area contributed by atoms with Crippen molar-refractivity contribution in [1.29, 1.82) is 0 Å². The third kappa shape index (κ3) is 7.37. The molecule has 188 valence electrons. The highest BCUT2D eigenvalue weighted by Crippen LogP contribution is 2.42. The van der Waals surface area contributed by atoms with E-state index in [0.29, 0.717) is 31.0 Å². The molecule has 1 fully saturated rings. The van der Waals surface area contributed by atoms with E-state index >= 15 is 0 Å². The lowest BCUT2D eigenvalue weighted by molar-refractivity contribution is -0.130. The highest BCUT2D eigenvalue weighted by Gasteiger charge is 2.33. The number of likely N-dealkylation sites (N-methyl/N-ethyl adjacent to an activating group) is 1. The summed E-state index contributed by atoms with van der Waals surface area (Å²) in [6, 6.07) is 7.42. The normalized spacial score (nSPS) is 18.9. The molecule has 8 nitrogen and oxygen atoms in total. The Kier molecular flexibility index (Phi) is 11.7. The van der Waals surface area contributed by atoms with Crippen LogP contribution in [0.5, 0.6) is 0 Å². The number of nitrogens with two attached hydrogens (primary N) is 1. The number of fused-ring (bicyclic) bond motifs is 1. The number of rotatable bonds is 5. The molecule has 1 aromatic carbocycles. The number of anilines is 1. The Morgan fingerprint density at radius 3 is 2.38 bits per heavy atom. The van der Waals surface area contributed by atoms with Crippen molar-refractivity contribution in [2.24, 2.45) is 5.73 Å². The number of hydrogen-bond acceptors (Lipinski definition) is 7. The first-order chi connectivity index (χ1) is 16.4. The minimum absolute atomic E-state index is 0.133. The van der Waals surface area contributed by atoms with E-state index in [1.165, 1.54) is 6.33 Å². The number of aliphatic hydroxyl groups excluding tert-OH is 1. The van der Waals surface area contributed by atoms with E-state index in [4.69, 9.17) is 17.3 Å². The minimum Gasteiger partial charge on any atom is -0.387 e. The fraction of sp³-hybridized carbons (Fsp3) is 0.560. The number of nitrogens with zero attached hydrogens (tertiary/aromatic N) is 4. The van der Waals surface area contributed by atoms with E-state index in [9.17, 15) is 9.90 Å². The minimum atomic E-state index is -0.501. The highest BCUT2D eigenvalue weighted by molar-refractivity contribution is 6.30. The maximum atomic E-state index is 12.6. The van der Waals surface area contributed by atoms with E-state index in [-0.39, 0.29) is 11.8 Å². The van der Waals surface area contributed by atoms with Gasteiger partial charge in [-0.15, -0.1) is 0 Å². The predicted molar refractivity (Wildman–Crippen MR) is 138 cm³/mol. The molecule has 1 aliphatic carbocycles. The van der Waals surface area contributed by atoms with E-state index in [1.807, 2.05) is 50.1 Å². The summed E-state index contributed by atoms with van der Waals surface area (Å²) in [6.45, 7) is 10.6. The number of carbonyl (C=O) groups excluding carboxylic acids is 1. The van der Waals surface area contributed by atoms with Crippen LogP contribution < -0.4 is 16.0 Å². The second kappa shape index (κ2) is 14.2. The summed E-state index contributed by atoms with van der Waals surface area (Å²) < 4.78 is 0. The largest absolute Gasteiger partial charge is 0.387 e. The lowest BCUT2D eigenvalue weighted by Crippen LogP contribution is -2.49. The van der Waals surface area contributed by atoms with Crippen LogP contribution in [0.1, 0.15) is 56.0 Å². The van der Waals surface area contributed by atoms with Crippen molar-refractivity contribution in [1.82, 2.24) is 20.2 Å². The fourth-order valence-corrected chi connectivity index (χ4v) is 4.28. The first-order valence-electron chi connectivity index (χ1n) is 12.1. The average Bonchev–Trinajstić information content (AvgIpc) is 3.16. The fourth-order valence-electron chi connectivity index (χ4n) is 4.15. The molecular weight excluding hydrogens is 452 g/mol. The molecule has 0 saturated carbocycles. The van der Waals surface area contributed by atoms with Crippen LogP contribution in [0.4, 0.5) is 5.82 Å². The van der Waals surface area contributed by atoms with Crippen molar-refractivity contribution < 1.29 is 9.90 Å². The number of aliphatic hydroxyl groups is 1. The quantitative estimate of drug-likeness (QED) is 0.591. The molecule has 0 radical (unpaired) electrons. The van der Waals surface area contributed by atoms with E-state index in [1.54, 1.807) is 0 Å². The Morgan fingerprint density at radius 2 is 1.82 bits per heavy atom. The molecule has 2 heterocycles. The topological polar surface area (TPSA) is 108 Å². The van der Waals surface area contributed by atoms with Crippen LogP contribution in [0.15, 0.2) is 30.6 Å². The summed E-state index contributed by atoms with van der Waals surface area (Å²) in [4.78, 5) is 25.5. The number of benzene rings is 1. The third-order valence-corrected chi connectivity index (χ3v) is 6.13. The summed E-state index contributed by atoms with van der Waals surface area (Å²) in [7, 11) is 1.88. The maximum absolute atomic E-state index is 12.6. The molecule has 0 spiro atoms. The molecular formula is C25H39ClN6O2. The van der Waals surface area contributed by atoms with Crippen LogP contribution >= 0.6 is 11.6 Å². The van der Waals surface area contributed by atoms with Gasteiger partial charge >= 0.3 is 0 Å². The SMILES string of the molecule is CC.CNCCN.C[C@@H]1CC(O)c2ncnc(N3CCN(C(=O)Cc4ccc(Cl)cc4)CC3)c21. The van der Waals surface area contributed by atoms with Gasteiger partial charge in [-0.2, -0.15) is 0 Å². The van der Waals surface area contributed by atoms with Gasteiger partial charge in [0.15, 0.2) is 0 Å². The molecule has 0 bridgehead atoms. The number of piperazine rings is 1. The lowest BCUT2D eigenvalue weighted by atomic mass is 10.1. The van der Waals surface area contributed by atoms with Gasteiger partial charge in [-0.1, -0.05) is 44.5 Å². The lowest BCUT2D eigenvalue weighted by Gasteiger charge is -2.36. The van der Waals surface area contributed by atoms with Crippen LogP contribution in [0.3, 0.4) is 0 Å². The molecule has 4 rings (SSSR count). The van der Waals surface area contributed by atoms with E-state index in [0.717, 1.165) is 48.8 Å². The Hall–Kier alpha value is -2.26. The molecule has 4 N–H and O–H groups in total. The number of aromatic nitrogens is 2. The van der Waals surface area contributed by atoms with Crippen molar-refractivity contribution in [3.8, 4) is 0 Å². The Bertz CT molecular complexity index is 885. The van der Waals surface area contributed by atoms with Gasteiger partial charge in [-0.25, -0.2) is 9.97 Å². The molecule has 9 heteroatoms. The van der Waals surface area contributed by atoms with Crippen LogP contribution in [-0.2, 0) is 11.2 Å². The van der Waals surface area contributed by atoms with Crippen LogP contribution in [0.2, 0.25) is 5.02 Å². The molecule has 1 saturated heterocycles. The van der Waals surface area contributed by atoms with Gasteiger partial charge in [0.25, 0.3) is 0 Å². The summed E-state index contributed by atoms with van der Waals surface area (Å²) in [5, 5.41) is 13.7. The molecule has 2 aliphatic rings. The molecule has 2 atom stereocenters. The molecule has 2 aromatic rings. The van der Waals surface area contributed by atoms with Crippen molar-refractivity contribution in [3.63, 3.8) is 0 Å². The van der Waals surface area contributed by atoms with Crippen LogP contribution in [0.25, 0.3) is 0 Å². The first kappa shape index (κ1) is 28.0. The first-order valence-corrected chi connectivity index (χ1v) is 12.5. The zero-order valence-corrected chi connectivity index (χ0v) is 21.6. The van der Waals surface area contributed by atoms with Crippen molar-refractivity contribution in [2.45, 2.75) is 45.6 Å². The maximum Gasteiger partial charge on any atom is 0.227 e. The van der Waals surface area contributed by atoms with Gasteiger partial charge in [0.2, 0.25) is 5.91 Å². The summed E-state index contributed by atoms with van der Waals surface area (Å²) in [6.07, 6.45) is 2.12. The van der Waals surface area contributed by atoms with Gasteiger partial charge in [0.1, 0.15) is 12.1 Å². The van der Waals surface area contributed by atoms with Gasteiger partial charge in [0.05, 0.1) is 18.2 Å². The monoisotopic (exact) mass is 490 g/mol. The Labute approximate surface area is 208 Å². The molecule has 1 amide bonds. The zero-order valence-electron chi connectivity index (χ0n) is 20.8. The van der Waals surface area contributed by atoms with Crippen LogP contribution in [0, 0.1) is 0 Å². The van der Waals surface area contributed by atoms with Crippen LogP contribution in [-0.4, -0.2) is 72.2 Å². The average molecular weight is 491 g/mol. The van der Waals surface area contributed by atoms with Gasteiger partial charge in [-0.3, -0.25) is 4.79 Å². The van der Waals surface area contributed by atoms with Crippen molar-refractivity contribution >= 4 is 23.3 Å². The van der Waals surface area contributed by atoms with Gasteiger partial charge in [-0.05, 0) is 37.1 Å². The van der Waals surface area contributed by atoms with E-state index in [2.05, 4.69) is 27.1 Å². The van der Waals surface area contributed by atoms with Crippen molar-refractivity contribution in [3.05, 3.63) is 52.4 Å². The molecule has 1 aliphatic heterocycles. The summed E-state index contributed by atoms with van der Waals surface area (Å²) in [5.41, 5.74) is 7.87. The third-order valence-electron chi connectivity index (χ3n) is 5.87. The highest BCUT2D eigenvalue weighted by atomic mass is 35.5. The smallest absolute Gasteiger partial charge is 0.227 e. The number of nitrogens with one attached hydrogen (secondary N) is 1. The zero-order chi connectivity index (χ0) is 25.1. The second-order valence-corrected chi connectivity index (χ2v) is 8.65. The number of carbonyl (C=O) groups is 1. The van der Waals surface area contributed by atoms with Crippen molar-refractivity contribution in [2.75, 3.05) is 51.2 Å². The second-order valence-electron chi connectivity index (χ2n) is 8.21. The number of halogens is 1. The summed E-state index contributed by atoms with van der Waals surface area (Å²) in [5.74, 6) is 1.29. The Morgan fingerprint density at radius 1 is 1.18 bits per heavy atom. The number of amides is 1. The number of hydrogen-bond donors (Lipinski definition) is 3. The molecule has 34 heavy (non-hydrogen) atoms. The standard InChI is InChI=1S/C20H23ClN4O2.C3H10N2.C2H6/c1-13-10-16(26)19-18(13)20(23-12-22-19)25-8-6-24(7-9-25)17(27)11-14-2-4-15(21)5-3-14;1-5-3-2-4;1-2/h2-5,12-13,16,26H,6-11H2,1H3;5H,2-4H2,1H3;1-2H3/t13-,16?;;/m1../s1. The van der Waals surface area contributed by atoms with Gasteiger partial charge < -0.3 is 26.0 Å². The van der Waals surface area contributed by atoms with E-state index < -0.39 is 6.10 Å². The predicted octanol–water partition coefficient (Wildman–Crippen LogP) is 2.75.